The average Bonchev–Trinajstić information content (AvgIpc) is 2.42. The molecule has 3 N–H and O–H groups in total. The fourth-order valence-electron chi connectivity index (χ4n) is 2.09. The molecule has 4 nitrogen and oxygen atoms in total. The second kappa shape index (κ2) is 5.61. The summed E-state index contributed by atoms with van der Waals surface area (Å²) in [6, 6.07) is 8.43. The van der Waals surface area contributed by atoms with E-state index in [-0.39, 0.29) is 22.8 Å². The van der Waals surface area contributed by atoms with Gasteiger partial charge in [0.15, 0.2) is 0 Å². The molecule has 0 bridgehead atoms. The fraction of sp³-hybridized carbons (Fsp3) is 0.133. The van der Waals surface area contributed by atoms with Crippen LogP contribution in [0.15, 0.2) is 41.6 Å². The van der Waals surface area contributed by atoms with Gasteiger partial charge in [-0.05, 0) is 30.2 Å². The monoisotopic (exact) mass is 275 g/mol. The number of halogens is 1. The van der Waals surface area contributed by atoms with Crippen LogP contribution in [0.4, 0.5) is 4.39 Å². The molecule has 0 aromatic heterocycles. The van der Waals surface area contributed by atoms with Crippen LogP contribution in [0, 0.1) is 5.82 Å². The molecule has 0 amide bonds. The second-order valence-electron chi connectivity index (χ2n) is 4.26. The highest BCUT2D eigenvalue weighted by Crippen LogP contribution is 2.35. The first kappa shape index (κ1) is 13.9. The first-order chi connectivity index (χ1) is 9.58. The summed E-state index contributed by atoms with van der Waals surface area (Å²) in [6.07, 6.45) is 0.337. The summed E-state index contributed by atoms with van der Waals surface area (Å²) < 4.78 is 14.0. The largest absolute Gasteiger partial charge is 0.508 e. The number of phenolic OH excluding ortho intramolecular Hbond substituents is 2. The van der Waals surface area contributed by atoms with E-state index in [1.54, 1.807) is 13.0 Å². The average molecular weight is 275 g/mol. The van der Waals surface area contributed by atoms with Gasteiger partial charge < -0.3 is 15.4 Å². The third-order valence-electron chi connectivity index (χ3n) is 3.03. The van der Waals surface area contributed by atoms with Gasteiger partial charge in [-0.2, -0.15) is 0 Å². The Morgan fingerprint density at radius 2 is 1.90 bits per heavy atom. The Morgan fingerprint density at radius 1 is 1.15 bits per heavy atom. The number of nitrogens with zero attached hydrogens (tertiary/aromatic N) is 1. The van der Waals surface area contributed by atoms with Gasteiger partial charge in [-0.25, -0.2) is 4.39 Å². The van der Waals surface area contributed by atoms with E-state index in [2.05, 4.69) is 5.16 Å². The zero-order valence-electron chi connectivity index (χ0n) is 10.8. The van der Waals surface area contributed by atoms with Crippen molar-refractivity contribution in [2.24, 2.45) is 5.16 Å². The molecule has 0 atom stereocenters. The van der Waals surface area contributed by atoms with Crippen molar-refractivity contribution < 1.29 is 19.8 Å². The summed E-state index contributed by atoms with van der Waals surface area (Å²) in [5.74, 6) is -0.800. The molecule has 0 radical (unpaired) electrons. The van der Waals surface area contributed by atoms with Gasteiger partial charge in [-0.15, -0.1) is 0 Å². The maximum absolute atomic E-state index is 14.0. The highest BCUT2D eigenvalue weighted by molar-refractivity contribution is 6.06. The molecule has 2 rings (SSSR count). The molecule has 0 aliphatic heterocycles. The van der Waals surface area contributed by atoms with E-state index in [1.165, 1.54) is 30.3 Å². The van der Waals surface area contributed by atoms with Crippen LogP contribution in [0.3, 0.4) is 0 Å². The van der Waals surface area contributed by atoms with Crippen LogP contribution in [-0.4, -0.2) is 21.1 Å². The molecule has 0 saturated heterocycles. The SMILES string of the molecule is CCC(=NO)c1c(F)cccc1-c1ccc(O)cc1O. The quantitative estimate of drug-likeness (QED) is 0.456. The Kier molecular flexibility index (Phi) is 3.89. The zero-order chi connectivity index (χ0) is 14.7. The standard InChI is InChI=1S/C15H14FNO3/c1-2-13(17-20)15-11(4-3-5-12(15)16)10-7-6-9(18)8-14(10)19/h3-8,18-20H,2H2,1H3. The van der Waals surface area contributed by atoms with Crippen molar-refractivity contribution in [3.8, 4) is 22.6 Å². The van der Waals surface area contributed by atoms with Gasteiger partial charge in [0.25, 0.3) is 0 Å². The number of hydrogen-bond donors (Lipinski definition) is 3. The number of hydrogen-bond acceptors (Lipinski definition) is 4. The number of aromatic hydroxyl groups is 2. The maximum Gasteiger partial charge on any atom is 0.133 e. The predicted octanol–water partition coefficient (Wildman–Crippen LogP) is 3.49. The fourth-order valence-corrected chi connectivity index (χ4v) is 2.09. The molecule has 0 fully saturated rings. The lowest BCUT2D eigenvalue weighted by molar-refractivity contribution is 0.318. The van der Waals surface area contributed by atoms with Crippen molar-refractivity contribution in [2.75, 3.05) is 0 Å². The minimum Gasteiger partial charge on any atom is -0.508 e. The van der Waals surface area contributed by atoms with Crippen molar-refractivity contribution in [2.45, 2.75) is 13.3 Å². The number of benzene rings is 2. The first-order valence-corrected chi connectivity index (χ1v) is 6.10. The van der Waals surface area contributed by atoms with E-state index in [0.29, 0.717) is 17.5 Å². The molecule has 5 heteroatoms. The third kappa shape index (κ3) is 2.42. The van der Waals surface area contributed by atoms with E-state index in [4.69, 9.17) is 5.21 Å². The zero-order valence-corrected chi connectivity index (χ0v) is 10.8. The topological polar surface area (TPSA) is 73.1 Å². The smallest absolute Gasteiger partial charge is 0.133 e. The van der Waals surface area contributed by atoms with Gasteiger partial charge in [-0.3, -0.25) is 0 Å². The number of oxime groups is 1. The molecule has 0 saturated carbocycles. The van der Waals surface area contributed by atoms with E-state index < -0.39 is 5.82 Å². The van der Waals surface area contributed by atoms with Crippen molar-refractivity contribution in [3.05, 3.63) is 47.8 Å². The number of phenols is 2. The van der Waals surface area contributed by atoms with Crippen LogP contribution >= 0.6 is 0 Å². The maximum atomic E-state index is 14.0. The van der Waals surface area contributed by atoms with Crippen LogP contribution in [0.5, 0.6) is 11.5 Å². The minimum atomic E-state index is -0.537. The highest BCUT2D eigenvalue weighted by Gasteiger charge is 2.17. The molecule has 20 heavy (non-hydrogen) atoms. The van der Waals surface area contributed by atoms with Gasteiger partial charge in [0.05, 0.1) is 5.71 Å². The second-order valence-corrected chi connectivity index (χ2v) is 4.26. The van der Waals surface area contributed by atoms with E-state index in [1.807, 2.05) is 0 Å². The van der Waals surface area contributed by atoms with Gasteiger partial charge in [0, 0.05) is 17.2 Å². The molecule has 104 valence electrons. The normalized spacial score (nSPS) is 11.6. The van der Waals surface area contributed by atoms with Gasteiger partial charge in [-0.1, -0.05) is 24.2 Å². The van der Waals surface area contributed by atoms with Crippen LogP contribution in [0.1, 0.15) is 18.9 Å². The molecule has 0 heterocycles. The van der Waals surface area contributed by atoms with Crippen molar-refractivity contribution >= 4 is 5.71 Å². The molecule has 0 aliphatic carbocycles. The Hall–Kier alpha value is -2.56. The summed E-state index contributed by atoms with van der Waals surface area (Å²) in [5.41, 5.74) is 1.08. The van der Waals surface area contributed by atoms with Gasteiger partial charge in [0.1, 0.15) is 17.3 Å². The molecule has 2 aromatic rings. The molecule has 0 spiro atoms. The Balaban J connectivity index is 2.71. The molecular formula is C15H14FNO3. The summed E-state index contributed by atoms with van der Waals surface area (Å²) in [7, 11) is 0. The summed E-state index contributed by atoms with van der Waals surface area (Å²) in [5, 5.41) is 31.3. The predicted molar refractivity (Wildman–Crippen MR) is 73.8 cm³/mol. The molecule has 0 aliphatic rings. The first-order valence-electron chi connectivity index (χ1n) is 6.10. The minimum absolute atomic E-state index is 0.0873. The lowest BCUT2D eigenvalue weighted by Gasteiger charge is -2.12. The van der Waals surface area contributed by atoms with Crippen molar-refractivity contribution in [3.63, 3.8) is 0 Å². The summed E-state index contributed by atoms with van der Waals surface area (Å²) in [4.78, 5) is 0. The van der Waals surface area contributed by atoms with Gasteiger partial charge in [0.2, 0.25) is 0 Å². The van der Waals surface area contributed by atoms with Crippen LogP contribution in [0.2, 0.25) is 0 Å². The lowest BCUT2D eigenvalue weighted by atomic mass is 9.94. The van der Waals surface area contributed by atoms with E-state index in [0.717, 1.165) is 0 Å². The van der Waals surface area contributed by atoms with Crippen LogP contribution in [0.25, 0.3) is 11.1 Å². The Labute approximate surface area is 115 Å². The molecule has 2 aromatic carbocycles. The Bertz CT molecular complexity index is 668. The third-order valence-corrected chi connectivity index (χ3v) is 3.03. The van der Waals surface area contributed by atoms with E-state index >= 15 is 0 Å². The lowest BCUT2D eigenvalue weighted by Crippen LogP contribution is -2.05. The van der Waals surface area contributed by atoms with Crippen molar-refractivity contribution in [1.29, 1.82) is 0 Å². The van der Waals surface area contributed by atoms with Crippen LogP contribution < -0.4 is 0 Å². The van der Waals surface area contributed by atoms with Gasteiger partial charge >= 0.3 is 0 Å². The molecule has 0 unspecified atom stereocenters. The molecular weight excluding hydrogens is 261 g/mol. The van der Waals surface area contributed by atoms with E-state index in [9.17, 15) is 14.6 Å². The van der Waals surface area contributed by atoms with Crippen LogP contribution in [-0.2, 0) is 0 Å². The summed E-state index contributed by atoms with van der Waals surface area (Å²) in [6.45, 7) is 1.74. The van der Waals surface area contributed by atoms with Crippen molar-refractivity contribution in [1.82, 2.24) is 0 Å². The summed E-state index contributed by atoms with van der Waals surface area (Å²) >= 11 is 0. The Morgan fingerprint density at radius 3 is 2.50 bits per heavy atom. The highest BCUT2D eigenvalue weighted by atomic mass is 19.1. The number of rotatable bonds is 3.